The minimum Gasteiger partial charge on any atom is -0.478 e. The lowest BCUT2D eigenvalue weighted by atomic mass is 10.1. The second kappa shape index (κ2) is 6.71. The molecule has 0 radical (unpaired) electrons. The summed E-state index contributed by atoms with van der Waals surface area (Å²) in [4.78, 5) is 44.5. The molecule has 2 rings (SSSR count). The van der Waals surface area contributed by atoms with Crippen LogP contribution >= 0.6 is 0 Å². The monoisotopic (exact) mass is 345 g/mol. The number of carboxylic acids is 4. The topological polar surface area (TPSA) is 161 Å². The van der Waals surface area contributed by atoms with E-state index in [-0.39, 0.29) is 22.5 Å². The molecule has 0 aliphatic rings. The van der Waals surface area contributed by atoms with Gasteiger partial charge in [0, 0.05) is 5.69 Å². The van der Waals surface area contributed by atoms with Crippen LogP contribution in [0.1, 0.15) is 41.4 Å². The first-order valence-corrected chi connectivity index (χ1v) is 6.69. The average molecular weight is 345 g/mol. The van der Waals surface area contributed by atoms with Crippen molar-refractivity contribution >= 4 is 35.3 Å². The molecule has 2 aromatic rings. The number of hydrogen-bond donors (Lipinski definition) is 5. The molecular weight excluding hydrogens is 334 g/mol. The third kappa shape index (κ3) is 3.72. The molecule has 2 aromatic carbocycles. The van der Waals surface area contributed by atoms with Crippen molar-refractivity contribution in [1.82, 2.24) is 0 Å². The van der Waals surface area contributed by atoms with Crippen LogP contribution in [0.4, 0.5) is 11.4 Å². The predicted molar refractivity (Wildman–Crippen MR) is 84.0 cm³/mol. The van der Waals surface area contributed by atoms with E-state index in [1.54, 1.807) is 0 Å². The van der Waals surface area contributed by atoms with Crippen molar-refractivity contribution in [3.8, 4) is 0 Å². The Morgan fingerprint density at radius 1 is 0.640 bits per heavy atom. The van der Waals surface area contributed by atoms with Crippen LogP contribution in [0.2, 0.25) is 0 Å². The Hall–Kier alpha value is -3.88. The van der Waals surface area contributed by atoms with Crippen LogP contribution < -0.4 is 5.32 Å². The molecule has 5 N–H and O–H groups in total. The summed E-state index contributed by atoms with van der Waals surface area (Å²) in [6.45, 7) is 0. The van der Waals surface area contributed by atoms with Gasteiger partial charge in [-0.1, -0.05) is 0 Å². The smallest absolute Gasteiger partial charge is 0.337 e. The van der Waals surface area contributed by atoms with Gasteiger partial charge in [0.2, 0.25) is 0 Å². The number of benzene rings is 2. The van der Waals surface area contributed by atoms with Gasteiger partial charge in [0.25, 0.3) is 0 Å². The van der Waals surface area contributed by atoms with Crippen LogP contribution in [0.15, 0.2) is 36.4 Å². The normalized spacial score (nSPS) is 10.1. The average Bonchev–Trinajstić information content (AvgIpc) is 2.54. The molecule has 9 nitrogen and oxygen atoms in total. The Kier molecular flexibility index (Phi) is 4.69. The van der Waals surface area contributed by atoms with Crippen molar-refractivity contribution in [2.75, 3.05) is 5.32 Å². The summed E-state index contributed by atoms with van der Waals surface area (Å²) in [6.07, 6.45) is 0. The maximum atomic E-state index is 11.3. The molecule has 9 heteroatoms. The van der Waals surface area contributed by atoms with Gasteiger partial charge in [-0.05, 0) is 36.4 Å². The lowest BCUT2D eigenvalue weighted by molar-refractivity contribution is 0.0651. The minimum atomic E-state index is -1.47. The highest BCUT2D eigenvalue weighted by Crippen LogP contribution is 2.25. The summed E-state index contributed by atoms with van der Waals surface area (Å²) in [6, 6.07) is 6.61. The van der Waals surface area contributed by atoms with Crippen molar-refractivity contribution in [2.45, 2.75) is 0 Å². The maximum absolute atomic E-state index is 11.3. The van der Waals surface area contributed by atoms with Gasteiger partial charge in [-0.3, -0.25) is 0 Å². The molecular formula is C16H11NO8. The molecule has 25 heavy (non-hydrogen) atoms. The molecule has 0 unspecified atom stereocenters. The van der Waals surface area contributed by atoms with Crippen molar-refractivity contribution in [3.05, 3.63) is 58.7 Å². The van der Waals surface area contributed by atoms with Crippen LogP contribution in [-0.2, 0) is 0 Å². The molecule has 0 aromatic heterocycles. The van der Waals surface area contributed by atoms with E-state index < -0.39 is 35.0 Å². The lowest BCUT2D eigenvalue weighted by Crippen LogP contribution is -2.09. The molecule has 0 spiro atoms. The van der Waals surface area contributed by atoms with Gasteiger partial charge < -0.3 is 25.7 Å². The predicted octanol–water partition coefficient (Wildman–Crippen LogP) is 2.22. The van der Waals surface area contributed by atoms with E-state index in [0.29, 0.717) is 0 Å². The van der Waals surface area contributed by atoms with Crippen LogP contribution in [0, 0.1) is 0 Å². The first-order chi connectivity index (χ1) is 11.7. The molecule has 0 aliphatic heterocycles. The highest BCUT2D eigenvalue weighted by molar-refractivity contribution is 6.03. The van der Waals surface area contributed by atoms with Crippen molar-refractivity contribution in [2.24, 2.45) is 0 Å². The highest BCUT2D eigenvalue weighted by Gasteiger charge is 2.18. The molecule has 0 fully saturated rings. The number of nitrogens with one attached hydrogen (secondary N) is 1. The van der Waals surface area contributed by atoms with E-state index in [0.717, 1.165) is 30.3 Å². The fourth-order valence-electron chi connectivity index (χ4n) is 2.11. The number of hydrogen-bond acceptors (Lipinski definition) is 5. The third-order valence-corrected chi connectivity index (χ3v) is 3.26. The minimum absolute atomic E-state index is 0.0770. The maximum Gasteiger partial charge on any atom is 0.337 e. The quantitative estimate of drug-likeness (QED) is 0.528. The number of aromatic carboxylic acids is 4. The molecule has 0 atom stereocenters. The molecule has 0 heterocycles. The van der Waals surface area contributed by atoms with Crippen LogP contribution in [0.3, 0.4) is 0 Å². The zero-order valence-corrected chi connectivity index (χ0v) is 12.4. The van der Waals surface area contributed by atoms with Gasteiger partial charge in [0.1, 0.15) is 0 Å². The lowest BCUT2D eigenvalue weighted by Gasteiger charge is -2.12. The Morgan fingerprint density at radius 2 is 1.20 bits per heavy atom. The zero-order valence-electron chi connectivity index (χ0n) is 12.4. The van der Waals surface area contributed by atoms with Crippen molar-refractivity contribution < 1.29 is 39.6 Å². The van der Waals surface area contributed by atoms with Crippen molar-refractivity contribution in [1.29, 1.82) is 0 Å². The van der Waals surface area contributed by atoms with E-state index in [4.69, 9.17) is 15.3 Å². The van der Waals surface area contributed by atoms with Gasteiger partial charge in [0.15, 0.2) is 0 Å². The number of carboxylic acid groups (broad SMARTS) is 4. The second-order valence-electron chi connectivity index (χ2n) is 4.87. The third-order valence-electron chi connectivity index (χ3n) is 3.26. The summed E-state index contributed by atoms with van der Waals surface area (Å²) in [7, 11) is 0. The Morgan fingerprint density at radius 3 is 1.72 bits per heavy atom. The molecule has 128 valence electrons. The van der Waals surface area contributed by atoms with Crippen molar-refractivity contribution in [3.63, 3.8) is 0 Å². The Labute approximate surface area is 139 Å². The zero-order chi connectivity index (χ0) is 18.7. The SMILES string of the molecule is O=C(O)c1ccc(C(=O)O)c(Nc2ccc(C(=O)O)c(C(=O)O)c2)c1. The van der Waals surface area contributed by atoms with E-state index in [2.05, 4.69) is 5.32 Å². The van der Waals surface area contributed by atoms with E-state index in [1.807, 2.05) is 0 Å². The fourth-order valence-corrected chi connectivity index (χ4v) is 2.11. The van der Waals surface area contributed by atoms with Gasteiger partial charge in [-0.15, -0.1) is 0 Å². The molecule has 0 saturated heterocycles. The first-order valence-electron chi connectivity index (χ1n) is 6.69. The van der Waals surface area contributed by atoms with E-state index >= 15 is 0 Å². The standard InChI is InChI=1S/C16H11NO8/c18-13(19)7-1-3-10(15(22)23)12(5-7)17-8-2-4-9(14(20)21)11(6-8)16(24)25/h1-6,17H,(H,18,19)(H,20,21)(H,22,23)(H,24,25). The molecule has 0 bridgehead atoms. The number of carbonyl (C=O) groups is 4. The number of anilines is 2. The summed E-state index contributed by atoms with van der Waals surface area (Å²) < 4.78 is 0. The largest absolute Gasteiger partial charge is 0.478 e. The summed E-state index contributed by atoms with van der Waals surface area (Å²) in [5.41, 5.74) is -1.32. The molecule has 0 amide bonds. The fraction of sp³-hybridized carbons (Fsp3) is 0. The van der Waals surface area contributed by atoms with Crippen LogP contribution in [-0.4, -0.2) is 44.3 Å². The van der Waals surface area contributed by atoms with Gasteiger partial charge in [-0.25, -0.2) is 19.2 Å². The first kappa shape index (κ1) is 17.5. The highest BCUT2D eigenvalue weighted by atomic mass is 16.4. The van der Waals surface area contributed by atoms with Gasteiger partial charge >= 0.3 is 23.9 Å². The van der Waals surface area contributed by atoms with Gasteiger partial charge in [-0.2, -0.15) is 0 Å². The van der Waals surface area contributed by atoms with E-state index in [1.165, 1.54) is 6.07 Å². The summed E-state index contributed by atoms with van der Waals surface area (Å²) in [5.74, 6) is -5.49. The Bertz CT molecular complexity index is 903. The van der Waals surface area contributed by atoms with Gasteiger partial charge in [0.05, 0.1) is 27.9 Å². The summed E-state index contributed by atoms with van der Waals surface area (Å²) in [5, 5.41) is 38.9. The number of rotatable bonds is 6. The van der Waals surface area contributed by atoms with Crippen LogP contribution in [0.5, 0.6) is 0 Å². The second-order valence-corrected chi connectivity index (χ2v) is 4.87. The Balaban J connectivity index is 2.52. The molecule has 0 saturated carbocycles. The van der Waals surface area contributed by atoms with E-state index in [9.17, 15) is 24.3 Å². The summed E-state index contributed by atoms with van der Waals surface area (Å²) >= 11 is 0. The van der Waals surface area contributed by atoms with Crippen LogP contribution in [0.25, 0.3) is 0 Å². The molecule has 0 aliphatic carbocycles.